The third kappa shape index (κ3) is 4.89. The van der Waals surface area contributed by atoms with E-state index in [0.29, 0.717) is 18.3 Å². The molecule has 4 N–H and O–H groups in total. The van der Waals surface area contributed by atoms with Gasteiger partial charge in [-0.2, -0.15) is 0 Å². The summed E-state index contributed by atoms with van der Waals surface area (Å²) in [6.07, 6.45) is 3.39. The number of carbonyl (C=O) groups excluding carboxylic acids is 1. The van der Waals surface area contributed by atoms with Crippen molar-refractivity contribution >= 4 is 17.7 Å². The number of carboxylic acid groups (broad SMARTS) is 1. The molecule has 0 heterocycles. The zero-order valence-electron chi connectivity index (χ0n) is 11.2. The highest BCUT2D eigenvalue weighted by molar-refractivity contribution is 5.93. The Hall–Kier alpha value is -2.08. The monoisotopic (exact) mass is 277 g/mol. The van der Waals surface area contributed by atoms with Gasteiger partial charge < -0.3 is 21.1 Å². The van der Waals surface area contributed by atoms with E-state index in [1.165, 1.54) is 25.0 Å². The van der Waals surface area contributed by atoms with Gasteiger partial charge in [0.1, 0.15) is 0 Å². The highest BCUT2D eigenvalue weighted by atomic mass is 16.4. The van der Waals surface area contributed by atoms with Gasteiger partial charge in [-0.25, -0.2) is 9.59 Å². The van der Waals surface area contributed by atoms with Crippen LogP contribution in [0.1, 0.15) is 29.6 Å². The van der Waals surface area contributed by atoms with Crippen LogP contribution in [0.25, 0.3) is 0 Å². The van der Waals surface area contributed by atoms with Gasteiger partial charge in [0.05, 0.1) is 5.56 Å². The van der Waals surface area contributed by atoms with Crippen molar-refractivity contribution in [1.82, 2.24) is 10.6 Å². The quantitative estimate of drug-likeness (QED) is 0.570. The fourth-order valence-electron chi connectivity index (χ4n) is 1.79. The Morgan fingerprint density at radius 2 is 2.05 bits per heavy atom. The molecule has 1 aliphatic rings. The number of carboxylic acids is 1. The molecule has 2 rings (SSSR count). The highest BCUT2D eigenvalue weighted by Gasteiger charge is 2.19. The summed E-state index contributed by atoms with van der Waals surface area (Å²) in [6, 6.07) is 6.52. The van der Waals surface area contributed by atoms with Crippen LogP contribution >= 0.6 is 0 Å². The van der Waals surface area contributed by atoms with Gasteiger partial charge in [0, 0.05) is 18.3 Å². The van der Waals surface area contributed by atoms with Gasteiger partial charge in [-0.15, -0.1) is 0 Å². The van der Waals surface area contributed by atoms with Gasteiger partial charge in [0.2, 0.25) is 0 Å². The molecule has 1 saturated carbocycles. The number of anilines is 1. The standard InChI is InChI=1S/C14H19N3O3/c18-13(19)10-3-1-4-12(9-10)17-14(20)16-8-2-7-15-11-5-6-11/h1,3-4,9,11,15H,2,5-8H2,(H,18,19)(H2,16,17,20). The summed E-state index contributed by atoms with van der Waals surface area (Å²) in [7, 11) is 0. The molecule has 0 aromatic heterocycles. The number of rotatable bonds is 7. The third-order valence-electron chi connectivity index (χ3n) is 3.02. The minimum Gasteiger partial charge on any atom is -0.478 e. The molecule has 6 heteroatoms. The van der Waals surface area contributed by atoms with E-state index >= 15 is 0 Å². The van der Waals surface area contributed by atoms with E-state index in [9.17, 15) is 9.59 Å². The fraction of sp³-hybridized carbons (Fsp3) is 0.429. The second-order valence-corrected chi connectivity index (χ2v) is 4.85. The molecule has 0 spiro atoms. The number of urea groups is 1. The molecule has 20 heavy (non-hydrogen) atoms. The zero-order chi connectivity index (χ0) is 14.4. The van der Waals surface area contributed by atoms with E-state index < -0.39 is 5.97 Å². The van der Waals surface area contributed by atoms with Gasteiger partial charge in [-0.3, -0.25) is 0 Å². The predicted molar refractivity (Wildman–Crippen MR) is 76.1 cm³/mol. The van der Waals surface area contributed by atoms with E-state index in [4.69, 9.17) is 5.11 Å². The van der Waals surface area contributed by atoms with E-state index in [1.807, 2.05) is 0 Å². The Balaban J connectivity index is 1.67. The number of hydrogen-bond donors (Lipinski definition) is 4. The molecule has 1 aromatic carbocycles. The molecule has 0 aliphatic heterocycles. The molecule has 1 fully saturated rings. The molecule has 1 aromatic rings. The summed E-state index contributed by atoms with van der Waals surface area (Å²) < 4.78 is 0. The lowest BCUT2D eigenvalue weighted by atomic mass is 10.2. The maximum atomic E-state index is 11.6. The average molecular weight is 277 g/mol. The van der Waals surface area contributed by atoms with Crippen LogP contribution in [0, 0.1) is 0 Å². The summed E-state index contributed by atoms with van der Waals surface area (Å²) in [5, 5.41) is 17.6. The SMILES string of the molecule is O=C(NCCCNC1CC1)Nc1cccc(C(=O)O)c1. The fourth-order valence-corrected chi connectivity index (χ4v) is 1.79. The Morgan fingerprint density at radius 3 is 2.75 bits per heavy atom. The molecule has 108 valence electrons. The van der Waals surface area contributed by atoms with Crippen LogP contribution in [-0.2, 0) is 0 Å². The van der Waals surface area contributed by atoms with E-state index in [-0.39, 0.29) is 11.6 Å². The van der Waals surface area contributed by atoms with Crippen LogP contribution < -0.4 is 16.0 Å². The van der Waals surface area contributed by atoms with Crippen LogP contribution in [0.4, 0.5) is 10.5 Å². The van der Waals surface area contributed by atoms with Crippen LogP contribution in [0.2, 0.25) is 0 Å². The maximum absolute atomic E-state index is 11.6. The normalized spacial score (nSPS) is 13.8. The highest BCUT2D eigenvalue weighted by Crippen LogP contribution is 2.18. The smallest absolute Gasteiger partial charge is 0.335 e. The molecule has 0 unspecified atom stereocenters. The summed E-state index contributed by atoms with van der Waals surface area (Å²) >= 11 is 0. The number of nitrogens with one attached hydrogen (secondary N) is 3. The van der Waals surface area contributed by atoms with Crippen molar-refractivity contribution in [2.75, 3.05) is 18.4 Å². The first kappa shape index (κ1) is 14.3. The Morgan fingerprint density at radius 1 is 1.25 bits per heavy atom. The molecule has 0 bridgehead atoms. The van der Waals surface area contributed by atoms with E-state index in [1.54, 1.807) is 12.1 Å². The van der Waals surface area contributed by atoms with Crippen molar-refractivity contribution in [2.45, 2.75) is 25.3 Å². The number of aromatic carboxylic acids is 1. The third-order valence-corrected chi connectivity index (χ3v) is 3.02. The van der Waals surface area contributed by atoms with Crippen LogP contribution in [-0.4, -0.2) is 36.2 Å². The molecule has 0 atom stereocenters. The molecule has 0 saturated heterocycles. The van der Waals surface area contributed by atoms with Crippen molar-refractivity contribution in [2.24, 2.45) is 0 Å². The molecule has 6 nitrogen and oxygen atoms in total. The Kier molecular flexibility index (Phi) is 4.95. The topological polar surface area (TPSA) is 90.5 Å². The van der Waals surface area contributed by atoms with Gasteiger partial charge in [-0.1, -0.05) is 6.07 Å². The van der Waals surface area contributed by atoms with E-state index in [0.717, 1.165) is 13.0 Å². The van der Waals surface area contributed by atoms with Gasteiger partial charge in [-0.05, 0) is 44.0 Å². The summed E-state index contributed by atoms with van der Waals surface area (Å²) in [6.45, 7) is 1.49. The van der Waals surface area contributed by atoms with Crippen LogP contribution in [0.15, 0.2) is 24.3 Å². The molecule has 0 radical (unpaired) electrons. The minimum absolute atomic E-state index is 0.149. The summed E-state index contributed by atoms with van der Waals surface area (Å²) in [4.78, 5) is 22.4. The second-order valence-electron chi connectivity index (χ2n) is 4.85. The Labute approximate surface area is 117 Å². The number of carbonyl (C=O) groups is 2. The average Bonchev–Trinajstić information content (AvgIpc) is 3.22. The minimum atomic E-state index is -1.01. The number of hydrogen-bond acceptors (Lipinski definition) is 3. The van der Waals surface area contributed by atoms with E-state index in [2.05, 4.69) is 16.0 Å². The number of amides is 2. The van der Waals surface area contributed by atoms with Crippen molar-refractivity contribution in [3.05, 3.63) is 29.8 Å². The van der Waals surface area contributed by atoms with Crippen molar-refractivity contribution in [1.29, 1.82) is 0 Å². The summed E-state index contributed by atoms with van der Waals surface area (Å²) in [5.74, 6) is -1.01. The first-order valence-electron chi connectivity index (χ1n) is 6.77. The first-order valence-corrected chi connectivity index (χ1v) is 6.77. The lowest BCUT2D eigenvalue weighted by molar-refractivity contribution is 0.0697. The lowest BCUT2D eigenvalue weighted by Crippen LogP contribution is -2.31. The first-order chi connectivity index (χ1) is 9.65. The van der Waals surface area contributed by atoms with Crippen molar-refractivity contribution in [3.8, 4) is 0 Å². The molecular weight excluding hydrogens is 258 g/mol. The zero-order valence-corrected chi connectivity index (χ0v) is 11.2. The largest absolute Gasteiger partial charge is 0.478 e. The molecular formula is C14H19N3O3. The summed E-state index contributed by atoms with van der Waals surface area (Å²) in [5.41, 5.74) is 0.620. The van der Waals surface area contributed by atoms with Crippen molar-refractivity contribution in [3.63, 3.8) is 0 Å². The van der Waals surface area contributed by atoms with Crippen LogP contribution in [0.5, 0.6) is 0 Å². The lowest BCUT2D eigenvalue weighted by Gasteiger charge is -2.08. The van der Waals surface area contributed by atoms with Crippen LogP contribution in [0.3, 0.4) is 0 Å². The second kappa shape index (κ2) is 6.91. The number of benzene rings is 1. The van der Waals surface area contributed by atoms with Crippen molar-refractivity contribution < 1.29 is 14.7 Å². The molecule has 2 amide bonds. The van der Waals surface area contributed by atoms with Gasteiger partial charge in [0.25, 0.3) is 0 Å². The molecule has 1 aliphatic carbocycles. The Bertz CT molecular complexity index is 486. The maximum Gasteiger partial charge on any atom is 0.335 e. The van der Waals surface area contributed by atoms with Gasteiger partial charge >= 0.3 is 12.0 Å². The van der Waals surface area contributed by atoms with Gasteiger partial charge in [0.15, 0.2) is 0 Å². The predicted octanol–water partition coefficient (Wildman–Crippen LogP) is 1.65.